The minimum atomic E-state index is -0.351. The van der Waals surface area contributed by atoms with Crippen molar-refractivity contribution in [2.75, 3.05) is 31.1 Å². The number of nitriles is 1. The van der Waals surface area contributed by atoms with E-state index in [4.69, 9.17) is 5.26 Å². The average molecular weight is 287 g/mol. The SMILES string of the molecule is Cc1cc(C#N)nc(N2CCN(C(=O)C(C)(C)C)CC2)n1. The van der Waals surface area contributed by atoms with Crippen LogP contribution in [0.4, 0.5) is 5.95 Å². The smallest absolute Gasteiger partial charge is 0.228 e. The minimum Gasteiger partial charge on any atom is -0.339 e. The van der Waals surface area contributed by atoms with E-state index in [1.165, 1.54) is 0 Å². The van der Waals surface area contributed by atoms with E-state index >= 15 is 0 Å². The predicted octanol–water partition coefficient (Wildman–Crippen LogP) is 1.35. The Bertz CT molecular complexity index is 577. The van der Waals surface area contributed by atoms with Crippen molar-refractivity contribution in [2.45, 2.75) is 27.7 Å². The first kappa shape index (κ1) is 15.2. The second-order valence-electron chi connectivity index (χ2n) is 6.34. The summed E-state index contributed by atoms with van der Waals surface area (Å²) < 4.78 is 0. The third kappa shape index (κ3) is 3.48. The number of piperazine rings is 1. The quantitative estimate of drug-likeness (QED) is 0.779. The van der Waals surface area contributed by atoms with Gasteiger partial charge in [-0.15, -0.1) is 0 Å². The molecule has 6 heteroatoms. The molecular weight excluding hydrogens is 266 g/mol. The number of amides is 1. The molecule has 1 aromatic rings. The first-order valence-electron chi connectivity index (χ1n) is 7.11. The van der Waals surface area contributed by atoms with Crippen LogP contribution in [0.5, 0.6) is 0 Å². The summed E-state index contributed by atoms with van der Waals surface area (Å²) in [6.07, 6.45) is 0. The van der Waals surface area contributed by atoms with Crippen molar-refractivity contribution in [3.63, 3.8) is 0 Å². The number of carbonyl (C=O) groups is 1. The molecule has 112 valence electrons. The number of carbonyl (C=O) groups excluding carboxylic acids is 1. The zero-order valence-electron chi connectivity index (χ0n) is 13.1. The van der Waals surface area contributed by atoms with Crippen molar-refractivity contribution in [1.82, 2.24) is 14.9 Å². The molecule has 0 saturated carbocycles. The van der Waals surface area contributed by atoms with Gasteiger partial charge in [-0.2, -0.15) is 5.26 Å². The van der Waals surface area contributed by atoms with Crippen LogP contribution >= 0.6 is 0 Å². The fourth-order valence-electron chi connectivity index (χ4n) is 2.34. The van der Waals surface area contributed by atoms with Crippen molar-refractivity contribution in [3.8, 4) is 6.07 Å². The van der Waals surface area contributed by atoms with Crippen LogP contribution in [0.25, 0.3) is 0 Å². The van der Waals surface area contributed by atoms with Crippen LogP contribution in [-0.4, -0.2) is 47.0 Å². The summed E-state index contributed by atoms with van der Waals surface area (Å²) >= 11 is 0. The summed E-state index contributed by atoms with van der Waals surface area (Å²) in [7, 11) is 0. The molecule has 0 unspecified atom stereocenters. The number of aryl methyl sites for hydroxylation is 1. The summed E-state index contributed by atoms with van der Waals surface area (Å²) in [6, 6.07) is 3.72. The van der Waals surface area contributed by atoms with Gasteiger partial charge >= 0.3 is 0 Å². The molecule has 0 N–H and O–H groups in total. The Morgan fingerprint density at radius 3 is 2.38 bits per heavy atom. The minimum absolute atomic E-state index is 0.171. The lowest BCUT2D eigenvalue weighted by atomic mass is 9.94. The molecule has 0 aliphatic carbocycles. The van der Waals surface area contributed by atoms with Gasteiger partial charge in [0.05, 0.1) is 0 Å². The monoisotopic (exact) mass is 287 g/mol. The molecule has 1 aromatic heterocycles. The Morgan fingerprint density at radius 1 is 1.24 bits per heavy atom. The Labute approximate surface area is 125 Å². The van der Waals surface area contributed by atoms with Gasteiger partial charge in [0.25, 0.3) is 0 Å². The van der Waals surface area contributed by atoms with Crippen molar-refractivity contribution in [1.29, 1.82) is 5.26 Å². The van der Waals surface area contributed by atoms with Gasteiger partial charge in [0.2, 0.25) is 11.9 Å². The summed E-state index contributed by atoms with van der Waals surface area (Å²) in [5, 5.41) is 8.98. The molecule has 1 saturated heterocycles. The molecule has 0 atom stereocenters. The van der Waals surface area contributed by atoms with Gasteiger partial charge in [-0.25, -0.2) is 9.97 Å². The van der Waals surface area contributed by atoms with Gasteiger partial charge in [0.1, 0.15) is 11.8 Å². The topological polar surface area (TPSA) is 73.1 Å². The maximum Gasteiger partial charge on any atom is 0.228 e. The number of hydrogen-bond donors (Lipinski definition) is 0. The lowest BCUT2D eigenvalue weighted by molar-refractivity contribution is -0.139. The Balaban J connectivity index is 2.07. The van der Waals surface area contributed by atoms with Crippen molar-refractivity contribution in [2.24, 2.45) is 5.41 Å². The van der Waals surface area contributed by atoms with Gasteiger partial charge in [-0.1, -0.05) is 20.8 Å². The van der Waals surface area contributed by atoms with Crippen LogP contribution in [0.1, 0.15) is 32.2 Å². The van der Waals surface area contributed by atoms with E-state index < -0.39 is 0 Å². The van der Waals surface area contributed by atoms with Crippen LogP contribution in [-0.2, 0) is 4.79 Å². The van der Waals surface area contributed by atoms with Gasteiger partial charge in [-0.3, -0.25) is 4.79 Å². The molecule has 1 amide bonds. The molecule has 0 radical (unpaired) electrons. The maximum atomic E-state index is 12.3. The molecule has 6 nitrogen and oxygen atoms in total. The zero-order valence-corrected chi connectivity index (χ0v) is 13.1. The number of anilines is 1. The van der Waals surface area contributed by atoms with E-state index in [0.29, 0.717) is 37.8 Å². The molecular formula is C15H21N5O. The van der Waals surface area contributed by atoms with E-state index in [1.807, 2.05) is 37.5 Å². The van der Waals surface area contributed by atoms with Crippen LogP contribution in [0.15, 0.2) is 6.07 Å². The van der Waals surface area contributed by atoms with Crippen LogP contribution in [0.2, 0.25) is 0 Å². The first-order valence-corrected chi connectivity index (χ1v) is 7.11. The molecule has 2 rings (SSSR count). The van der Waals surface area contributed by atoms with Gasteiger partial charge in [0.15, 0.2) is 0 Å². The molecule has 21 heavy (non-hydrogen) atoms. The second kappa shape index (κ2) is 5.68. The molecule has 0 spiro atoms. The fraction of sp³-hybridized carbons (Fsp3) is 0.600. The van der Waals surface area contributed by atoms with Crippen molar-refractivity contribution >= 4 is 11.9 Å². The highest BCUT2D eigenvalue weighted by Crippen LogP contribution is 2.20. The number of aromatic nitrogens is 2. The highest BCUT2D eigenvalue weighted by molar-refractivity contribution is 5.81. The van der Waals surface area contributed by atoms with Gasteiger partial charge in [-0.05, 0) is 13.0 Å². The summed E-state index contributed by atoms with van der Waals surface area (Å²) in [5.41, 5.74) is 0.811. The zero-order chi connectivity index (χ0) is 15.6. The molecule has 0 bridgehead atoms. The summed E-state index contributed by atoms with van der Waals surface area (Å²) in [6.45, 7) is 10.4. The van der Waals surface area contributed by atoms with Crippen LogP contribution in [0, 0.1) is 23.7 Å². The van der Waals surface area contributed by atoms with Gasteiger partial charge in [0, 0.05) is 37.3 Å². The van der Waals surface area contributed by atoms with Crippen molar-refractivity contribution < 1.29 is 4.79 Å². The number of hydrogen-bond acceptors (Lipinski definition) is 5. The maximum absolute atomic E-state index is 12.3. The summed E-state index contributed by atoms with van der Waals surface area (Å²) in [4.78, 5) is 24.8. The van der Waals surface area contributed by atoms with E-state index in [0.717, 1.165) is 5.69 Å². The number of rotatable bonds is 1. The van der Waals surface area contributed by atoms with E-state index in [9.17, 15) is 4.79 Å². The third-order valence-corrected chi connectivity index (χ3v) is 3.45. The lowest BCUT2D eigenvalue weighted by Gasteiger charge is -2.37. The Morgan fingerprint density at radius 2 is 1.86 bits per heavy atom. The largest absolute Gasteiger partial charge is 0.339 e. The Hall–Kier alpha value is -2.16. The van der Waals surface area contributed by atoms with E-state index in [2.05, 4.69) is 16.0 Å². The standard InChI is InChI=1S/C15H21N5O/c1-11-9-12(10-16)18-14(17-11)20-7-5-19(6-8-20)13(21)15(2,3)4/h9H,5-8H2,1-4H3. The van der Waals surface area contributed by atoms with Crippen molar-refractivity contribution in [3.05, 3.63) is 17.5 Å². The van der Waals surface area contributed by atoms with Crippen LogP contribution < -0.4 is 4.90 Å². The summed E-state index contributed by atoms with van der Waals surface area (Å²) in [5.74, 6) is 0.749. The normalized spacial score (nSPS) is 15.8. The lowest BCUT2D eigenvalue weighted by Crippen LogP contribution is -2.52. The molecule has 2 heterocycles. The Kier molecular flexibility index (Phi) is 4.12. The molecule has 1 aliphatic heterocycles. The second-order valence-corrected chi connectivity index (χ2v) is 6.34. The fourth-order valence-corrected chi connectivity index (χ4v) is 2.34. The average Bonchev–Trinajstić information content (AvgIpc) is 2.45. The molecule has 1 aliphatic rings. The van der Waals surface area contributed by atoms with Crippen LogP contribution in [0.3, 0.4) is 0 Å². The first-order chi connectivity index (χ1) is 9.81. The van der Waals surface area contributed by atoms with E-state index in [1.54, 1.807) is 6.07 Å². The highest BCUT2D eigenvalue weighted by atomic mass is 16.2. The highest BCUT2D eigenvalue weighted by Gasteiger charge is 2.30. The third-order valence-electron chi connectivity index (χ3n) is 3.45. The number of nitrogens with zero attached hydrogens (tertiary/aromatic N) is 5. The van der Waals surface area contributed by atoms with E-state index in [-0.39, 0.29) is 11.3 Å². The van der Waals surface area contributed by atoms with Gasteiger partial charge < -0.3 is 9.80 Å². The molecule has 0 aromatic carbocycles. The predicted molar refractivity (Wildman–Crippen MR) is 79.7 cm³/mol. The molecule has 1 fully saturated rings.